The molecular weight excluding hydrogens is 212 g/mol. The van der Waals surface area contributed by atoms with E-state index in [1.54, 1.807) is 0 Å². The molecule has 3 nitrogen and oxygen atoms in total. The molecule has 2 heterocycles. The molecule has 2 aliphatic rings. The van der Waals surface area contributed by atoms with Crippen LogP contribution in [0.25, 0.3) is 0 Å². The summed E-state index contributed by atoms with van der Waals surface area (Å²) in [7, 11) is 2.28. The van der Waals surface area contributed by atoms with E-state index in [0.29, 0.717) is 0 Å². The number of nitrogens with one attached hydrogen (secondary N) is 1. The minimum absolute atomic E-state index is 0.819. The van der Waals surface area contributed by atoms with E-state index in [2.05, 4.69) is 17.3 Å². The number of likely N-dealkylation sites (tertiary alicyclic amines) is 1. The van der Waals surface area contributed by atoms with Crippen molar-refractivity contribution in [1.82, 2.24) is 10.2 Å². The summed E-state index contributed by atoms with van der Waals surface area (Å²) in [4.78, 5) is 2.54. The smallest absolute Gasteiger partial charge is 0.0495 e. The minimum atomic E-state index is 0.819. The van der Waals surface area contributed by atoms with E-state index in [0.717, 1.165) is 25.2 Å². The van der Waals surface area contributed by atoms with Crippen LogP contribution in [-0.4, -0.2) is 50.8 Å². The highest BCUT2D eigenvalue weighted by molar-refractivity contribution is 4.75. The van der Waals surface area contributed by atoms with Gasteiger partial charge in [-0.3, -0.25) is 0 Å². The summed E-state index contributed by atoms with van der Waals surface area (Å²) in [5.41, 5.74) is 0. The lowest BCUT2D eigenvalue weighted by Gasteiger charge is -2.32. The molecule has 0 radical (unpaired) electrons. The number of piperidine rings is 1. The van der Waals surface area contributed by atoms with E-state index in [1.807, 2.05) is 0 Å². The van der Waals surface area contributed by atoms with Gasteiger partial charge in [-0.15, -0.1) is 0 Å². The van der Waals surface area contributed by atoms with Gasteiger partial charge in [-0.2, -0.15) is 0 Å². The van der Waals surface area contributed by atoms with E-state index in [4.69, 9.17) is 4.74 Å². The Balaban J connectivity index is 1.47. The number of hydrogen-bond acceptors (Lipinski definition) is 3. The van der Waals surface area contributed by atoms with Gasteiger partial charge in [0.2, 0.25) is 0 Å². The lowest BCUT2D eigenvalue weighted by atomic mass is 10.00. The highest BCUT2D eigenvalue weighted by Crippen LogP contribution is 2.17. The highest BCUT2D eigenvalue weighted by Gasteiger charge is 2.18. The van der Waals surface area contributed by atoms with Crippen LogP contribution in [0.4, 0.5) is 0 Å². The van der Waals surface area contributed by atoms with E-state index in [1.165, 1.54) is 58.2 Å². The van der Waals surface area contributed by atoms with Crippen LogP contribution in [0.1, 0.15) is 38.5 Å². The first-order valence-corrected chi connectivity index (χ1v) is 7.35. The molecule has 2 aliphatic heterocycles. The van der Waals surface area contributed by atoms with Crippen molar-refractivity contribution < 1.29 is 4.74 Å². The van der Waals surface area contributed by atoms with Gasteiger partial charge < -0.3 is 15.0 Å². The minimum Gasteiger partial charge on any atom is -0.381 e. The second-order valence-electron chi connectivity index (χ2n) is 5.69. The van der Waals surface area contributed by atoms with E-state index >= 15 is 0 Å². The van der Waals surface area contributed by atoms with Crippen molar-refractivity contribution >= 4 is 0 Å². The van der Waals surface area contributed by atoms with Crippen LogP contribution >= 0.6 is 0 Å². The van der Waals surface area contributed by atoms with Crippen molar-refractivity contribution in [3.05, 3.63) is 0 Å². The van der Waals surface area contributed by atoms with E-state index in [-0.39, 0.29) is 0 Å². The largest absolute Gasteiger partial charge is 0.381 e. The Morgan fingerprint density at radius 3 is 2.82 bits per heavy atom. The molecule has 0 bridgehead atoms. The zero-order valence-corrected chi connectivity index (χ0v) is 11.3. The lowest BCUT2D eigenvalue weighted by molar-refractivity contribution is 0.174. The first-order chi connectivity index (χ1) is 8.36. The van der Waals surface area contributed by atoms with Gasteiger partial charge in [0.05, 0.1) is 0 Å². The molecule has 2 unspecified atom stereocenters. The van der Waals surface area contributed by atoms with E-state index < -0.39 is 0 Å². The van der Waals surface area contributed by atoms with Crippen molar-refractivity contribution in [2.45, 2.75) is 44.6 Å². The summed E-state index contributed by atoms with van der Waals surface area (Å²) in [6, 6.07) is 0.825. The maximum atomic E-state index is 5.39. The van der Waals surface area contributed by atoms with Gasteiger partial charge in [-0.25, -0.2) is 0 Å². The third kappa shape index (κ3) is 4.57. The molecule has 2 saturated heterocycles. The summed E-state index contributed by atoms with van der Waals surface area (Å²) in [5, 5.41) is 3.60. The van der Waals surface area contributed by atoms with Crippen molar-refractivity contribution in [2.75, 3.05) is 39.9 Å². The average Bonchev–Trinajstić information content (AvgIpc) is 2.84. The molecule has 0 aromatic heterocycles. The van der Waals surface area contributed by atoms with Crippen molar-refractivity contribution in [3.8, 4) is 0 Å². The molecule has 0 amide bonds. The lowest BCUT2D eigenvalue weighted by Crippen LogP contribution is -2.38. The second-order valence-corrected chi connectivity index (χ2v) is 5.69. The summed E-state index contributed by atoms with van der Waals surface area (Å²) in [5.74, 6) is 0.819. The SMILES string of the molecule is CN1CCCCC1CCNCCC1CCOC1. The van der Waals surface area contributed by atoms with Crippen LogP contribution in [-0.2, 0) is 4.74 Å². The maximum absolute atomic E-state index is 5.39. The van der Waals surface area contributed by atoms with Gasteiger partial charge in [0, 0.05) is 19.3 Å². The van der Waals surface area contributed by atoms with Gasteiger partial charge in [0.25, 0.3) is 0 Å². The number of nitrogens with zero attached hydrogens (tertiary/aromatic N) is 1. The molecular formula is C14H28N2O. The topological polar surface area (TPSA) is 24.5 Å². The van der Waals surface area contributed by atoms with Gasteiger partial charge in [0.1, 0.15) is 0 Å². The van der Waals surface area contributed by atoms with Gasteiger partial charge in [0.15, 0.2) is 0 Å². The van der Waals surface area contributed by atoms with Crippen molar-refractivity contribution in [3.63, 3.8) is 0 Å². The summed E-state index contributed by atoms with van der Waals surface area (Å²) < 4.78 is 5.39. The highest BCUT2D eigenvalue weighted by atomic mass is 16.5. The molecule has 17 heavy (non-hydrogen) atoms. The Bertz CT molecular complexity index is 204. The Kier molecular flexibility index (Phi) is 5.75. The third-order valence-corrected chi connectivity index (χ3v) is 4.33. The fourth-order valence-electron chi connectivity index (χ4n) is 3.02. The number of rotatable bonds is 6. The Hall–Kier alpha value is -0.120. The molecule has 0 aromatic carbocycles. The molecule has 0 spiro atoms. The Labute approximate surface area is 106 Å². The Morgan fingerprint density at radius 2 is 2.06 bits per heavy atom. The summed E-state index contributed by atoms with van der Waals surface area (Å²) >= 11 is 0. The summed E-state index contributed by atoms with van der Waals surface area (Å²) in [6.45, 7) is 5.63. The zero-order valence-electron chi connectivity index (χ0n) is 11.3. The average molecular weight is 240 g/mol. The van der Waals surface area contributed by atoms with Crippen LogP contribution in [0.3, 0.4) is 0 Å². The van der Waals surface area contributed by atoms with Crippen LogP contribution in [0.5, 0.6) is 0 Å². The zero-order chi connectivity index (χ0) is 11.9. The normalized spacial score (nSPS) is 30.9. The van der Waals surface area contributed by atoms with Crippen LogP contribution in [0.15, 0.2) is 0 Å². The van der Waals surface area contributed by atoms with Gasteiger partial charge >= 0.3 is 0 Å². The number of ether oxygens (including phenoxy) is 1. The molecule has 2 fully saturated rings. The molecule has 3 heteroatoms. The Morgan fingerprint density at radius 1 is 1.18 bits per heavy atom. The molecule has 2 rings (SSSR count). The first-order valence-electron chi connectivity index (χ1n) is 7.35. The van der Waals surface area contributed by atoms with Gasteiger partial charge in [-0.05, 0) is 64.7 Å². The maximum Gasteiger partial charge on any atom is 0.0495 e. The van der Waals surface area contributed by atoms with Gasteiger partial charge in [-0.1, -0.05) is 6.42 Å². The molecule has 0 saturated carbocycles. The van der Waals surface area contributed by atoms with Crippen LogP contribution in [0, 0.1) is 5.92 Å². The quantitative estimate of drug-likeness (QED) is 0.717. The standard InChI is InChI=1S/C14H28N2O/c1-16-10-3-2-4-14(16)6-9-15-8-5-13-7-11-17-12-13/h13-15H,2-12H2,1H3. The predicted molar refractivity (Wildman–Crippen MR) is 71.3 cm³/mol. The van der Waals surface area contributed by atoms with Crippen molar-refractivity contribution in [1.29, 1.82) is 0 Å². The number of hydrogen-bond donors (Lipinski definition) is 1. The third-order valence-electron chi connectivity index (χ3n) is 4.33. The second kappa shape index (κ2) is 7.34. The van der Waals surface area contributed by atoms with Crippen LogP contribution in [0.2, 0.25) is 0 Å². The monoisotopic (exact) mass is 240 g/mol. The van der Waals surface area contributed by atoms with Crippen molar-refractivity contribution in [2.24, 2.45) is 5.92 Å². The predicted octanol–water partition coefficient (Wildman–Crippen LogP) is 1.88. The fourth-order valence-corrected chi connectivity index (χ4v) is 3.02. The molecule has 0 aromatic rings. The fraction of sp³-hybridized carbons (Fsp3) is 1.00. The molecule has 100 valence electrons. The summed E-state index contributed by atoms with van der Waals surface area (Å²) in [6.07, 6.45) is 8.09. The van der Waals surface area contributed by atoms with E-state index in [9.17, 15) is 0 Å². The molecule has 0 aliphatic carbocycles. The molecule has 2 atom stereocenters. The van der Waals surface area contributed by atoms with Crippen LogP contribution < -0.4 is 5.32 Å². The molecule has 1 N–H and O–H groups in total. The first kappa shape index (κ1) is 13.3.